The van der Waals surface area contributed by atoms with Crippen molar-refractivity contribution in [2.75, 3.05) is 33.2 Å². The second-order valence-electron chi connectivity index (χ2n) is 7.79. The fraction of sp³-hybridized carbons (Fsp3) is 0.571. The van der Waals surface area contributed by atoms with Gasteiger partial charge >= 0.3 is 0 Å². The van der Waals surface area contributed by atoms with Crippen LogP contribution in [0.15, 0.2) is 48.0 Å². The smallest absolute Gasteiger partial charge is 0.193 e. The summed E-state index contributed by atoms with van der Waals surface area (Å²) in [6.07, 6.45) is 7.15. The van der Waals surface area contributed by atoms with Crippen molar-refractivity contribution in [3.05, 3.63) is 48.5 Å². The lowest BCUT2D eigenvalue weighted by atomic mass is 9.83. The predicted molar refractivity (Wildman–Crippen MR) is 111 cm³/mol. The molecule has 0 spiro atoms. The molecule has 2 saturated heterocycles. The molecule has 0 aliphatic carbocycles. The first kappa shape index (κ1) is 18.9. The number of aromatic nitrogens is 3. The van der Waals surface area contributed by atoms with Crippen LogP contribution >= 0.6 is 0 Å². The van der Waals surface area contributed by atoms with Crippen molar-refractivity contribution in [2.24, 2.45) is 10.9 Å². The van der Waals surface area contributed by atoms with Crippen molar-refractivity contribution in [3.8, 4) is 0 Å². The van der Waals surface area contributed by atoms with E-state index in [-0.39, 0.29) is 0 Å². The highest BCUT2D eigenvalue weighted by molar-refractivity contribution is 5.80. The highest BCUT2D eigenvalue weighted by Crippen LogP contribution is 2.31. The highest BCUT2D eigenvalue weighted by atomic mass is 15.3. The van der Waals surface area contributed by atoms with Crippen LogP contribution in [0.1, 0.15) is 24.8 Å². The topological polar surface area (TPSA) is 61.6 Å². The molecule has 1 N–H and O–H groups in total. The molecule has 2 aliphatic heterocycles. The van der Waals surface area contributed by atoms with Gasteiger partial charge in [0.05, 0.1) is 6.54 Å². The lowest BCUT2D eigenvalue weighted by Gasteiger charge is -2.48. The Morgan fingerprint density at radius 3 is 2.89 bits per heavy atom. The van der Waals surface area contributed by atoms with Crippen molar-refractivity contribution < 1.29 is 0 Å². The van der Waals surface area contributed by atoms with E-state index in [9.17, 15) is 0 Å². The third kappa shape index (κ3) is 4.52. The zero-order valence-electron chi connectivity index (χ0n) is 16.7. The molecule has 1 aromatic heterocycles. The number of nitrogens with one attached hydrogen (secondary N) is 1. The molecule has 7 nitrogen and oxygen atoms in total. The van der Waals surface area contributed by atoms with Crippen molar-refractivity contribution in [1.29, 1.82) is 0 Å². The average molecular weight is 382 g/mol. The molecule has 2 aromatic rings. The molecule has 2 unspecified atom stereocenters. The summed E-state index contributed by atoms with van der Waals surface area (Å²) in [7, 11) is 1.88. The molecular formula is C21H31N7. The number of guanidine groups is 1. The number of piperidine rings is 2. The minimum absolute atomic E-state index is 0.693. The summed E-state index contributed by atoms with van der Waals surface area (Å²) in [6.45, 7) is 6.06. The molecule has 1 aromatic carbocycles. The number of hydrogen-bond donors (Lipinski definition) is 1. The Kier molecular flexibility index (Phi) is 6.21. The second kappa shape index (κ2) is 9.19. The van der Waals surface area contributed by atoms with E-state index in [4.69, 9.17) is 0 Å². The van der Waals surface area contributed by atoms with Gasteiger partial charge < -0.3 is 10.2 Å². The number of aliphatic imine (C=N–C) groups is 1. The summed E-state index contributed by atoms with van der Waals surface area (Å²) in [5, 5.41) is 7.65. The molecule has 0 saturated carbocycles. The minimum Gasteiger partial charge on any atom is -0.354 e. The van der Waals surface area contributed by atoms with Crippen LogP contribution in [-0.4, -0.2) is 69.8 Å². The van der Waals surface area contributed by atoms with Gasteiger partial charge in [-0.1, -0.05) is 30.3 Å². The van der Waals surface area contributed by atoms with Crippen LogP contribution in [0.2, 0.25) is 0 Å². The maximum atomic E-state index is 4.53. The number of fused-ring (bicyclic) bond motifs is 1. The monoisotopic (exact) mass is 381 g/mol. The SMILES string of the molecule is CN=C(NCCn1cncn1)N1CCC2C(CCCN2Cc2ccccc2)C1. The Hall–Kier alpha value is -2.41. The van der Waals surface area contributed by atoms with Gasteiger partial charge in [-0.05, 0) is 37.3 Å². The van der Waals surface area contributed by atoms with E-state index in [1.54, 1.807) is 12.7 Å². The van der Waals surface area contributed by atoms with Crippen molar-refractivity contribution in [1.82, 2.24) is 29.9 Å². The van der Waals surface area contributed by atoms with Gasteiger partial charge in [0.25, 0.3) is 0 Å². The number of likely N-dealkylation sites (tertiary alicyclic amines) is 2. The van der Waals surface area contributed by atoms with Crippen LogP contribution in [0.3, 0.4) is 0 Å². The molecular weight excluding hydrogens is 350 g/mol. The molecule has 150 valence electrons. The molecule has 28 heavy (non-hydrogen) atoms. The van der Waals surface area contributed by atoms with Gasteiger partial charge in [0, 0.05) is 39.3 Å². The third-order valence-electron chi connectivity index (χ3n) is 6.01. The maximum Gasteiger partial charge on any atom is 0.193 e. The van der Waals surface area contributed by atoms with Crippen LogP contribution in [0, 0.1) is 5.92 Å². The molecule has 3 heterocycles. The lowest BCUT2D eigenvalue weighted by Crippen LogP contribution is -2.56. The van der Waals surface area contributed by atoms with Gasteiger partial charge in [0.15, 0.2) is 5.96 Å². The summed E-state index contributed by atoms with van der Waals surface area (Å²) in [6, 6.07) is 11.6. The Morgan fingerprint density at radius 1 is 1.21 bits per heavy atom. The van der Waals surface area contributed by atoms with Gasteiger partial charge in [-0.15, -0.1) is 0 Å². The Bertz CT molecular complexity index is 743. The van der Waals surface area contributed by atoms with Gasteiger partial charge in [0.1, 0.15) is 12.7 Å². The van der Waals surface area contributed by atoms with Crippen LogP contribution in [0.25, 0.3) is 0 Å². The Morgan fingerprint density at radius 2 is 2.11 bits per heavy atom. The number of rotatable bonds is 5. The van der Waals surface area contributed by atoms with E-state index < -0.39 is 0 Å². The molecule has 0 radical (unpaired) electrons. The summed E-state index contributed by atoms with van der Waals surface area (Å²) in [5.74, 6) is 1.74. The van der Waals surface area contributed by atoms with Gasteiger partial charge in [-0.25, -0.2) is 4.98 Å². The van der Waals surface area contributed by atoms with Crippen LogP contribution in [0.4, 0.5) is 0 Å². The Labute approximate surface area is 167 Å². The zero-order valence-corrected chi connectivity index (χ0v) is 16.7. The van der Waals surface area contributed by atoms with Gasteiger partial charge in [-0.2, -0.15) is 5.10 Å². The first-order valence-corrected chi connectivity index (χ1v) is 10.4. The quantitative estimate of drug-likeness (QED) is 0.633. The van der Waals surface area contributed by atoms with Gasteiger partial charge in [-0.3, -0.25) is 14.6 Å². The zero-order chi connectivity index (χ0) is 19.2. The predicted octanol–water partition coefficient (Wildman–Crippen LogP) is 1.84. The first-order valence-electron chi connectivity index (χ1n) is 10.4. The summed E-state index contributed by atoms with van der Waals surface area (Å²) >= 11 is 0. The van der Waals surface area contributed by atoms with Crippen molar-refractivity contribution >= 4 is 5.96 Å². The van der Waals surface area contributed by atoms with Crippen molar-refractivity contribution in [2.45, 2.75) is 38.4 Å². The number of benzene rings is 1. The maximum absolute atomic E-state index is 4.53. The van der Waals surface area contributed by atoms with Crippen LogP contribution in [-0.2, 0) is 13.1 Å². The van der Waals surface area contributed by atoms with Gasteiger partial charge in [0.2, 0.25) is 0 Å². The number of nitrogens with zero attached hydrogens (tertiary/aromatic N) is 6. The highest BCUT2D eigenvalue weighted by Gasteiger charge is 2.36. The lowest BCUT2D eigenvalue weighted by molar-refractivity contribution is 0.0372. The summed E-state index contributed by atoms with van der Waals surface area (Å²) < 4.78 is 1.84. The van der Waals surface area contributed by atoms with E-state index in [0.29, 0.717) is 6.04 Å². The molecule has 2 atom stereocenters. The molecule has 2 fully saturated rings. The van der Waals surface area contributed by atoms with E-state index in [2.05, 4.69) is 60.5 Å². The Balaban J connectivity index is 1.32. The van der Waals surface area contributed by atoms with Crippen molar-refractivity contribution in [3.63, 3.8) is 0 Å². The summed E-state index contributed by atoms with van der Waals surface area (Å²) in [4.78, 5) is 13.7. The normalized spacial score (nSPS) is 23.5. The van der Waals surface area contributed by atoms with Crippen LogP contribution < -0.4 is 5.32 Å². The number of hydrogen-bond acceptors (Lipinski definition) is 4. The van der Waals surface area contributed by atoms with E-state index in [1.165, 1.54) is 31.4 Å². The molecule has 0 amide bonds. The minimum atomic E-state index is 0.693. The standard InChI is InChI=1S/C21H31N7/c1-22-21(24-10-13-28-17-23-16-25-28)27-12-9-20-19(15-27)8-5-11-26(20)14-18-6-3-2-4-7-18/h2-4,6-7,16-17,19-20H,5,8-15H2,1H3,(H,22,24). The van der Waals surface area contributed by atoms with E-state index in [1.807, 2.05) is 11.7 Å². The largest absolute Gasteiger partial charge is 0.354 e. The summed E-state index contributed by atoms with van der Waals surface area (Å²) in [5.41, 5.74) is 1.43. The third-order valence-corrected chi connectivity index (χ3v) is 6.01. The fourth-order valence-electron chi connectivity index (χ4n) is 4.68. The molecule has 2 aliphatic rings. The average Bonchev–Trinajstić information content (AvgIpc) is 3.25. The van der Waals surface area contributed by atoms with E-state index in [0.717, 1.165) is 44.6 Å². The first-order chi connectivity index (χ1) is 13.8. The molecule has 0 bridgehead atoms. The molecule has 4 rings (SSSR count). The van der Waals surface area contributed by atoms with E-state index >= 15 is 0 Å². The second-order valence-corrected chi connectivity index (χ2v) is 7.79. The van der Waals surface area contributed by atoms with Crippen LogP contribution in [0.5, 0.6) is 0 Å². The molecule has 7 heteroatoms. The fourth-order valence-corrected chi connectivity index (χ4v) is 4.68.